The molecule has 4 aromatic rings. The number of hydrogen-bond acceptors (Lipinski definition) is 0. The molecule has 0 N–H and O–H groups in total. The van der Waals surface area contributed by atoms with Crippen LogP contribution in [0.4, 0.5) is 4.39 Å². The summed E-state index contributed by atoms with van der Waals surface area (Å²) in [5.74, 6) is -0.209. The Hall–Kier alpha value is -2.23. The molecular formula is C22H17Cl2FN2. The summed E-state index contributed by atoms with van der Waals surface area (Å²) in [6.07, 6.45) is 7.58. The Morgan fingerprint density at radius 1 is 0.852 bits per heavy atom. The Balaban J connectivity index is 1.72. The van der Waals surface area contributed by atoms with E-state index in [-0.39, 0.29) is 5.82 Å². The van der Waals surface area contributed by atoms with Crippen molar-refractivity contribution >= 4 is 28.8 Å². The Morgan fingerprint density at radius 2 is 1.63 bits per heavy atom. The van der Waals surface area contributed by atoms with Crippen molar-refractivity contribution in [3.63, 3.8) is 0 Å². The summed E-state index contributed by atoms with van der Waals surface area (Å²) >= 11 is 12.3. The molecule has 2 aromatic heterocycles. The minimum Gasteiger partial charge on any atom is -0.325 e. The van der Waals surface area contributed by atoms with Crippen molar-refractivity contribution < 1.29 is 4.39 Å². The number of rotatable bonds is 2. The zero-order valence-corrected chi connectivity index (χ0v) is 16.1. The van der Waals surface area contributed by atoms with Crippen LogP contribution in [0.2, 0.25) is 10.0 Å². The summed E-state index contributed by atoms with van der Waals surface area (Å²) in [4.78, 5) is 0. The Labute approximate surface area is 166 Å². The average molecular weight is 399 g/mol. The molecule has 0 saturated heterocycles. The third-order valence-corrected chi connectivity index (χ3v) is 6.08. The van der Waals surface area contributed by atoms with Crippen LogP contribution >= 0.6 is 23.2 Å². The Bertz CT molecular complexity index is 1160. The van der Waals surface area contributed by atoms with Gasteiger partial charge in [0.25, 0.3) is 0 Å². The van der Waals surface area contributed by atoms with E-state index in [1.807, 2.05) is 30.3 Å². The Morgan fingerprint density at radius 3 is 2.41 bits per heavy atom. The third kappa shape index (κ3) is 2.77. The lowest BCUT2D eigenvalue weighted by Gasteiger charge is -2.09. The number of imidazole rings is 1. The molecule has 0 unspecified atom stereocenters. The van der Waals surface area contributed by atoms with Crippen LogP contribution in [0.15, 0.2) is 54.9 Å². The van der Waals surface area contributed by atoms with Crippen molar-refractivity contribution in [1.82, 2.24) is 8.97 Å². The molecule has 0 atom stereocenters. The molecule has 2 nitrogen and oxygen atoms in total. The molecule has 2 aromatic carbocycles. The summed E-state index contributed by atoms with van der Waals surface area (Å²) in [6, 6.07) is 12.5. The maximum Gasteiger partial charge on any atom is 0.123 e. The smallest absolute Gasteiger partial charge is 0.123 e. The lowest BCUT2D eigenvalue weighted by Crippen LogP contribution is -1.99. The summed E-state index contributed by atoms with van der Waals surface area (Å²) < 4.78 is 17.9. The van der Waals surface area contributed by atoms with Crippen LogP contribution in [0, 0.1) is 5.82 Å². The van der Waals surface area contributed by atoms with Crippen LogP contribution < -0.4 is 0 Å². The molecule has 136 valence electrons. The quantitative estimate of drug-likeness (QED) is 0.348. The van der Waals surface area contributed by atoms with Crippen molar-refractivity contribution in [2.24, 2.45) is 0 Å². The maximum atomic E-state index is 13.3. The molecular weight excluding hydrogens is 382 g/mol. The molecule has 0 aliphatic carbocycles. The molecule has 1 aliphatic rings. The van der Waals surface area contributed by atoms with Crippen LogP contribution in [0.1, 0.15) is 18.4 Å². The lowest BCUT2D eigenvalue weighted by molar-refractivity contribution is 0.628. The topological polar surface area (TPSA) is 9.34 Å². The molecule has 5 rings (SSSR count). The highest BCUT2D eigenvalue weighted by Crippen LogP contribution is 2.37. The van der Waals surface area contributed by atoms with Gasteiger partial charge in [0.1, 0.15) is 11.5 Å². The molecule has 0 fully saturated rings. The van der Waals surface area contributed by atoms with Gasteiger partial charge in [-0.3, -0.25) is 0 Å². The summed E-state index contributed by atoms with van der Waals surface area (Å²) in [6.45, 7) is 0.964. The summed E-state index contributed by atoms with van der Waals surface area (Å²) in [7, 11) is 0. The van der Waals surface area contributed by atoms with E-state index in [1.54, 1.807) is 0 Å². The SMILES string of the molecule is Fc1ccc(-c2cn3cc(-c4ccc(Cl)c(Cl)c4)n4c3c2CCCC4)cc1. The number of aromatic nitrogens is 2. The standard InChI is InChI=1S/C22H17Cl2FN2/c23-19-9-6-15(11-20(19)24)21-13-26-12-18(14-4-7-16(25)8-5-14)17-3-1-2-10-27(21)22(17)26/h4-9,11-13H,1-3,10H2. The van der Waals surface area contributed by atoms with E-state index in [9.17, 15) is 4.39 Å². The van der Waals surface area contributed by atoms with E-state index >= 15 is 0 Å². The molecule has 0 saturated carbocycles. The number of halogens is 3. The molecule has 0 radical (unpaired) electrons. The van der Waals surface area contributed by atoms with Gasteiger partial charge in [0.05, 0.1) is 15.7 Å². The number of hydrogen-bond donors (Lipinski definition) is 0. The monoisotopic (exact) mass is 398 g/mol. The molecule has 3 heterocycles. The number of nitrogens with zero attached hydrogens (tertiary/aromatic N) is 2. The van der Waals surface area contributed by atoms with Gasteiger partial charge in [-0.05, 0) is 49.1 Å². The van der Waals surface area contributed by atoms with Crippen LogP contribution in [0.25, 0.3) is 28.0 Å². The first kappa shape index (κ1) is 16.9. The molecule has 27 heavy (non-hydrogen) atoms. The van der Waals surface area contributed by atoms with Gasteiger partial charge in [0.15, 0.2) is 0 Å². The highest BCUT2D eigenvalue weighted by molar-refractivity contribution is 6.42. The highest BCUT2D eigenvalue weighted by Gasteiger charge is 2.22. The largest absolute Gasteiger partial charge is 0.325 e. The van der Waals surface area contributed by atoms with Crippen molar-refractivity contribution in [3.05, 3.63) is 76.3 Å². The van der Waals surface area contributed by atoms with Crippen LogP contribution in [-0.4, -0.2) is 8.97 Å². The third-order valence-electron chi connectivity index (χ3n) is 5.34. The summed E-state index contributed by atoms with van der Waals surface area (Å²) in [5.41, 5.74) is 6.97. The van der Waals surface area contributed by atoms with Crippen LogP contribution in [0.5, 0.6) is 0 Å². The predicted octanol–water partition coefficient (Wildman–Crippen LogP) is 6.86. The van der Waals surface area contributed by atoms with Gasteiger partial charge in [0.2, 0.25) is 0 Å². The van der Waals surface area contributed by atoms with Gasteiger partial charge in [0, 0.05) is 35.6 Å². The van der Waals surface area contributed by atoms with E-state index < -0.39 is 0 Å². The van der Waals surface area contributed by atoms with Crippen LogP contribution in [-0.2, 0) is 13.0 Å². The van der Waals surface area contributed by atoms with Gasteiger partial charge in [-0.15, -0.1) is 0 Å². The normalized spacial score (nSPS) is 13.9. The van der Waals surface area contributed by atoms with Gasteiger partial charge < -0.3 is 8.97 Å². The summed E-state index contributed by atoms with van der Waals surface area (Å²) in [5, 5.41) is 1.13. The van der Waals surface area contributed by atoms with Gasteiger partial charge in [-0.25, -0.2) is 4.39 Å². The first-order valence-corrected chi connectivity index (χ1v) is 9.82. The van der Waals surface area contributed by atoms with Crippen molar-refractivity contribution in [3.8, 4) is 22.4 Å². The molecule has 0 bridgehead atoms. The first-order valence-electron chi connectivity index (χ1n) is 9.06. The zero-order valence-electron chi connectivity index (χ0n) is 14.6. The minimum atomic E-state index is -0.209. The second-order valence-corrected chi connectivity index (χ2v) is 7.83. The van der Waals surface area contributed by atoms with E-state index in [2.05, 4.69) is 21.4 Å². The number of aryl methyl sites for hydroxylation is 2. The van der Waals surface area contributed by atoms with Crippen molar-refractivity contribution in [2.45, 2.75) is 25.8 Å². The van der Waals surface area contributed by atoms with Crippen molar-refractivity contribution in [2.75, 3.05) is 0 Å². The second-order valence-electron chi connectivity index (χ2n) is 7.01. The molecule has 0 spiro atoms. The molecule has 1 aliphatic heterocycles. The van der Waals surface area contributed by atoms with Crippen molar-refractivity contribution in [1.29, 1.82) is 0 Å². The van der Waals surface area contributed by atoms with Gasteiger partial charge in [-0.1, -0.05) is 41.4 Å². The fourth-order valence-electron chi connectivity index (χ4n) is 4.08. The molecule has 0 amide bonds. The average Bonchev–Trinajstić information content (AvgIpc) is 3.09. The van der Waals surface area contributed by atoms with E-state index in [1.165, 1.54) is 28.9 Å². The van der Waals surface area contributed by atoms with E-state index in [4.69, 9.17) is 23.2 Å². The second kappa shape index (κ2) is 6.43. The minimum absolute atomic E-state index is 0.209. The first-order chi connectivity index (χ1) is 13.1. The van der Waals surface area contributed by atoms with Gasteiger partial charge in [-0.2, -0.15) is 0 Å². The fraction of sp³-hybridized carbons (Fsp3) is 0.182. The van der Waals surface area contributed by atoms with Gasteiger partial charge >= 0.3 is 0 Å². The Kier molecular flexibility index (Phi) is 4.03. The van der Waals surface area contributed by atoms with E-state index in [0.29, 0.717) is 10.0 Å². The zero-order chi connectivity index (χ0) is 18.5. The number of benzene rings is 2. The lowest BCUT2D eigenvalue weighted by atomic mass is 10.0. The maximum absolute atomic E-state index is 13.3. The van der Waals surface area contributed by atoms with E-state index in [0.717, 1.165) is 42.6 Å². The highest BCUT2D eigenvalue weighted by atomic mass is 35.5. The van der Waals surface area contributed by atoms with Crippen LogP contribution in [0.3, 0.4) is 0 Å². The molecule has 5 heteroatoms. The predicted molar refractivity (Wildman–Crippen MR) is 109 cm³/mol. The fourth-order valence-corrected chi connectivity index (χ4v) is 4.38.